The van der Waals surface area contributed by atoms with Gasteiger partial charge in [-0.1, -0.05) is 26.0 Å². The highest BCUT2D eigenvalue weighted by atomic mass is 16.4. The Balaban J connectivity index is 1.61. The average Bonchev–Trinajstić information content (AvgIpc) is 2.91. The minimum atomic E-state index is -0.793. The van der Waals surface area contributed by atoms with E-state index in [9.17, 15) is 4.79 Å². The topological polar surface area (TPSA) is 133 Å². The summed E-state index contributed by atoms with van der Waals surface area (Å²) in [6.07, 6.45) is 4.43. The number of hydrogen-bond donors (Lipinski definition) is 4. The highest BCUT2D eigenvalue weighted by molar-refractivity contribution is 5.69. The minimum absolute atomic E-state index is 0.0679. The van der Waals surface area contributed by atoms with Gasteiger partial charge < -0.3 is 21.5 Å². The molecule has 3 rings (SSSR count). The second-order valence-electron chi connectivity index (χ2n) is 8.72. The largest absolute Gasteiger partial charge is 0.480 e. The van der Waals surface area contributed by atoms with Gasteiger partial charge in [0.25, 0.3) is 0 Å². The standard InChI is InChI=1S/C27H38N8O2/c1-3-34(15-16-35(4-2)20-26(36)37)19-21-7-5-8-23(17-21)32-27-30-14-11-24(33-27)22-9-10-25(31-18-22)29-13-6-12-28/h5,7-11,14,17-18H,3-4,6,12-13,15-16,19-20,28H2,1-2H3,(H,29,31)(H,36,37)(H,30,32,33). The normalized spacial score (nSPS) is 11.2. The van der Waals surface area contributed by atoms with E-state index in [1.54, 1.807) is 12.4 Å². The molecule has 0 saturated carbocycles. The quantitative estimate of drug-likeness (QED) is 0.215. The maximum absolute atomic E-state index is 11.0. The Kier molecular flexibility index (Phi) is 11.2. The lowest BCUT2D eigenvalue weighted by Gasteiger charge is -2.25. The first-order chi connectivity index (χ1) is 18.0. The number of aromatic nitrogens is 3. The van der Waals surface area contributed by atoms with Crippen molar-refractivity contribution < 1.29 is 9.90 Å². The van der Waals surface area contributed by atoms with Crippen molar-refractivity contribution in [2.45, 2.75) is 26.8 Å². The fraction of sp³-hybridized carbons (Fsp3) is 0.407. The second-order valence-corrected chi connectivity index (χ2v) is 8.72. The van der Waals surface area contributed by atoms with E-state index in [-0.39, 0.29) is 6.54 Å². The third kappa shape index (κ3) is 9.41. The summed E-state index contributed by atoms with van der Waals surface area (Å²) < 4.78 is 0. The number of nitrogens with zero attached hydrogens (tertiary/aromatic N) is 5. The zero-order chi connectivity index (χ0) is 26.5. The number of likely N-dealkylation sites (N-methyl/N-ethyl adjacent to an activating group) is 2. The highest BCUT2D eigenvalue weighted by Gasteiger charge is 2.11. The molecule has 10 nitrogen and oxygen atoms in total. The molecule has 5 N–H and O–H groups in total. The fourth-order valence-corrected chi connectivity index (χ4v) is 3.85. The molecule has 10 heteroatoms. The molecule has 0 atom stereocenters. The first-order valence-electron chi connectivity index (χ1n) is 12.8. The number of nitrogens with two attached hydrogens (primary N) is 1. The number of benzene rings is 1. The second kappa shape index (κ2) is 14.8. The summed E-state index contributed by atoms with van der Waals surface area (Å²) in [5.74, 6) is 0.532. The van der Waals surface area contributed by atoms with Crippen LogP contribution in [0.5, 0.6) is 0 Å². The van der Waals surface area contributed by atoms with Gasteiger partial charge >= 0.3 is 5.97 Å². The Bertz CT molecular complexity index is 1110. The van der Waals surface area contributed by atoms with Crippen molar-refractivity contribution in [3.05, 3.63) is 60.4 Å². The van der Waals surface area contributed by atoms with E-state index in [1.165, 1.54) is 0 Å². The summed E-state index contributed by atoms with van der Waals surface area (Å²) in [4.78, 5) is 28.8. The number of nitrogens with one attached hydrogen (secondary N) is 2. The van der Waals surface area contributed by atoms with Gasteiger partial charge in [0.15, 0.2) is 0 Å². The Morgan fingerprint density at radius 1 is 1.05 bits per heavy atom. The molecular formula is C27H38N8O2. The van der Waals surface area contributed by atoms with Crippen molar-refractivity contribution in [3.8, 4) is 11.3 Å². The van der Waals surface area contributed by atoms with E-state index < -0.39 is 5.97 Å². The molecule has 0 unspecified atom stereocenters. The van der Waals surface area contributed by atoms with Crippen molar-refractivity contribution in [1.29, 1.82) is 0 Å². The number of hydrogen-bond acceptors (Lipinski definition) is 9. The molecule has 0 amide bonds. The molecule has 0 fully saturated rings. The van der Waals surface area contributed by atoms with Crippen molar-refractivity contribution in [2.75, 3.05) is 56.4 Å². The SMILES string of the molecule is CCN(CCN(CC)Cc1cccc(Nc2nccc(-c3ccc(NCCCN)nc3)n2)c1)CC(=O)O. The molecule has 1 aromatic carbocycles. The van der Waals surface area contributed by atoms with E-state index in [1.807, 2.05) is 42.2 Å². The molecule has 0 bridgehead atoms. The molecule has 37 heavy (non-hydrogen) atoms. The van der Waals surface area contributed by atoms with Gasteiger partial charge in [-0.25, -0.2) is 15.0 Å². The maximum Gasteiger partial charge on any atom is 0.317 e. The maximum atomic E-state index is 11.0. The average molecular weight is 507 g/mol. The van der Waals surface area contributed by atoms with Gasteiger partial charge in [0.2, 0.25) is 5.95 Å². The van der Waals surface area contributed by atoms with E-state index in [2.05, 4.69) is 49.5 Å². The predicted octanol–water partition coefficient (Wildman–Crippen LogP) is 3.27. The molecule has 0 aliphatic carbocycles. The van der Waals surface area contributed by atoms with Gasteiger partial charge in [-0.3, -0.25) is 14.6 Å². The van der Waals surface area contributed by atoms with E-state index in [0.717, 1.165) is 67.5 Å². The van der Waals surface area contributed by atoms with E-state index >= 15 is 0 Å². The lowest BCUT2D eigenvalue weighted by Crippen LogP contribution is -2.37. The Hall–Kier alpha value is -3.60. The molecule has 198 valence electrons. The molecular weight excluding hydrogens is 468 g/mol. The smallest absolute Gasteiger partial charge is 0.317 e. The summed E-state index contributed by atoms with van der Waals surface area (Å²) in [6, 6.07) is 14.0. The Morgan fingerprint density at radius 2 is 1.86 bits per heavy atom. The molecule has 0 radical (unpaired) electrons. The van der Waals surface area contributed by atoms with Crippen LogP contribution >= 0.6 is 0 Å². The number of carboxylic acid groups (broad SMARTS) is 1. The molecule has 2 heterocycles. The summed E-state index contributed by atoms with van der Waals surface area (Å²) in [5.41, 5.74) is 9.30. The Morgan fingerprint density at radius 3 is 2.57 bits per heavy atom. The van der Waals surface area contributed by atoms with E-state index in [4.69, 9.17) is 10.8 Å². The van der Waals surface area contributed by atoms with Crippen LogP contribution in [0, 0.1) is 0 Å². The van der Waals surface area contributed by atoms with Gasteiger partial charge in [0.05, 0.1) is 12.2 Å². The van der Waals surface area contributed by atoms with Crippen molar-refractivity contribution in [1.82, 2.24) is 24.8 Å². The van der Waals surface area contributed by atoms with Crippen LogP contribution in [-0.4, -0.2) is 81.6 Å². The zero-order valence-electron chi connectivity index (χ0n) is 21.7. The third-order valence-corrected chi connectivity index (χ3v) is 5.98. The fourth-order valence-electron chi connectivity index (χ4n) is 3.85. The first-order valence-corrected chi connectivity index (χ1v) is 12.8. The van der Waals surface area contributed by atoms with Crippen LogP contribution in [0.1, 0.15) is 25.8 Å². The molecule has 0 aliphatic rings. The van der Waals surface area contributed by atoms with Crippen molar-refractivity contribution in [3.63, 3.8) is 0 Å². The van der Waals surface area contributed by atoms with Gasteiger partial charge in [0, 0.05) is 49.8 Å². The summed E-state index contributed by atoms with van der Waals surface area (Å²) in [6.45, 7) is 9.50. The zero-order valence-corrected chi connectivity index (χ0v) is 21.7. The number of carbonyl (C=O) groups is 1. The lowest BCUT2D eigenvalue weighted by atomic mass is 10.2. The van der Waals surface area contributed by atoms with Crippen LogP contribution in [0.3, 0.4) is 0 Å². The molecule has 0 saturated heterocycles. The molecule has 0 aliphatic heterocycles. The van der Waals surface area contributed by atoms with Gasteiger partial charge in [0.1, 0.15) is 5.82 Å². The van der Waals surface area contributed by atoms with Crippen LogP contribution < -0.4 is 16.4 Å². The van der Waals surface area contributed by atoms with Gasteiger partial charge in [-0.2, -0.15) is 0 Å². The predicted molar refractivity (Wildman–Crippen MR) is 148 cm³/mol. The van der Waals surface area contributed by atoms with Crippen LogP contribution in [0.15, 0.2) is 54.9 Å². The number of carboxylic acids is 1. The van der Waals surface area contributed by atoms with Crippen LogP contribution in [0.4, 0.5) is 17.5 Å². The molecule has 3 aromatic rings. The lowest BCUT2D eigenvalue weighted by molar-refractivity contribution is -0.138. The summed E-state index contributed by atoms with van der Waals surface area (Å²) >= 11 is 0. The monoisotopic (exact) mass is 506 g/mol. The minimum Gasteiger partial charge on any atom is -0.480 e. The number of pyridine rings is 1. The number of anilines is 3. The van der Waals surface area contributed by atoms with Crippen molar-refractivity contribution >= 4 is 23.4 Å². The van der Waals surface area contributed by atoms with Gasteiger partial charge in [-0.15, -0.1) is 0 Å². The number of aliphatic carboxylic acids is 1. The third-order valence-electron chi connectivity index (χ3n) is 5.98. The van der Waals surface area contributed by atoms with Crippen LogP contribution in [-0.2, 0) is 11.3 Å². The number of rotatable bonds is 16. The van der Waals surface area contributed by atoms with Crippen molar-refractivity contribution in [2.24, 2.45) is 5.73 Å². The summed E-state index contributed by atoms with van der Waals surface area (Å²) in [5, 5.41) is 15.6. The highest BCUT2D eigenvalue weighted by Crippen LogP contribution is 2.21. The van der Waals surface area contributed by atoms with E-state index in [0.29, 0.717) is 19.0 Å². The molecule has 2 aromatic heterocycles. The van der Waals surface area contributed by atoms with Crippen LogP contribution in [0.2, 0.25) is 0 Å². The Labute approximate surface area is 218 Å². The van der Waals surface area contributed by atoms with Gasteiger partial charge in [-0.05, 0) is 62.0 Å². The summed E-state index contributed by atoms with van der Waals surface area (Å²) in [7, 11) is 0. The molecule has 0 spiro atoms. The first kappa shape index (κ1) is 28.0. The van der Waals surface area contributed by atoms with Crippen LogP contribution in [0.25, 0.3) is 11.3 Å².